The molecule has 0 radical (unpaired) electrons. The normalized spacial score (nSPS) is 52.1. The van der Waals surface area contributed by atoms with Crippen molar-refractivity contribution in [1.82, 2.24) is 0 Å². The molecule has 1 aromatic rings. The molecule has 6 nitrogen and oxygen atoms in total. The molecule has 9 atom stereocenters. The van der Waals surface area contributed by atoms with Gasteiger partial charge in [-0.2, -0.15) is 0 Å². The zero-order chi connectivity index (χ0) is 22.4. The van der Waals surface area contributed by atoms with Crippen molar-refractivity contribution in [3.05, 3.63) is 47.0 Å². The lowest BCUT2D eigenvalue weighted by atomic mass is 9.46. The summed E-state index contributed by atoms with van der Waals surface area (Å²) < 4.78 is 32.4. The highest BCUT2D eigenvalue weighted by Crippen LogP contribution is 2.83. The zero-order valence-corrected chi connectivity index (χ0v) is 19.3. The summed E-state index contributed by atoms with van der Waals surface area (Å²) in [5, 5.41) is 0. The third-order valence-electron chi connectivity index (χ3n) is 10.3. The monoisotopic (exact) mass is 450 g/mol. The Bertz CT molecular complexity index is 1110. The Labute approximate surface area is 193 Å². The van der Waals surface area contributed by atoms with Crippen LogP contribution in [0.15, 0.2) is 41.5 Å². The van der Waals surface area contributed by atoms with Gasteiger partial charge < -0.3 is 23.7 Å². The molecule has 5 fully saturated rings. The maximum absolute atomic E-state index is 12.3. The topological polar surface area (TPSA) is 73.1 Å². The molecular weight excluding hydrogens is 420 g/mol. The number of rotatable bonds is 4. The molecular formula is C27H30O6. The number of cyclic esters (lactones) is 1. The molecule has 0 bridgehead atoms. The molecule has 0 amide bonds. The van der Waals surface area contributed by atoms with Crippen LogP contribution < -0.4 is 0 Å². The lowest BCUT2D eigenvalue weighted by molar-refractivity contribution is -0.136. The summed E-state index contributed by atoms with van der Waals surface area (Å²) in [7, 11) is 0. The van der Waals surface area contributed by atoms with Gasteiger partial charge in [-0.3, -0.25) is 0 Å². The standard InChI is InChI=1S/C27H30O6/c1-14(2)25-20(32-25)21-27(33-21)24(3)10-9-16-17(13-29-22(16)28)18(24)11-19-26(27,31-19)23(25)30-12-15-7-5-4-6-8-15/h4-8,14,18-21,23H,9-13H2,1-3H3/t18-,19-,20-,21-,23+,24-,25-,26+,27+/m0/s1. The van der Waals surface area contributed by atoms with Gasteiger partial charge in [-0.1, -0.05) is 51.1 Å². The summed E-state index contributed by atoms with van der Waals surface area (Å²) >= 11 is 0. The Morgan fingerprint density at radius 2 is 1.94 bits per heavy atom. The number of ether oxygens (including phenoxy) is 5. The van der Waals surface area contributed by atoms with E-state index >= 15 is 0 Å². The van der Waals surface area contributed by atoms with Crippen LogP contribution in [0.25, 0.3) is 0 Å². The maximum atomic E-state index is 12.3. The number of benzene rings is 1. The lowest BCUT2D eigenvalue weighted by Gasteiger charge is -2.54. The molecule has 2 spiro atoms. The lowest BCUT2D eigenvalue weighted by Crippen LogP contribution is -2.69. The van der Waals surface area contributed by atoms with Gasteiger partial charge >= 0.3 is 5.97 Å². The predicted octanol–water partition coefficient (Wildman–Crippen LogP) is 3.33. The zero-order valence-electron chi connectivity index (χ0n) is 19.3. The number of carbonyl (C=O) groups excluding carboxylic acids is 1. The van der Waals surface area contributed by atoms with Crippen molar-refractivity contribution in [2.75, 3.05) is 6.61 Å². The molecule has 3 saturated heterocycles. The highest BCUT2D eigenvalue weighted by Gasteiger charge is 3.00. The number of fused-ring (bicyclic) bond motifs is 4. The van der Waals surface area contributed by atoms with E-state index < -0.39 is 11.2 Å². The van der Waals surface area contributed by atoms with Crippen LogP contribution in [-0.2, 0) is 35.1 Å². The molecule has 4 heterocycles. The first-order chi connectivity index (χ1) is 15.9. The van der Waals surface area contributed by atoms with Crippen molar-refractivity contribution in [2.45, 2.75) is 87.9 Å². The first-order valence-corrected chi connectivity index (χ1v) is 12.5. The minimum absolute atomic E-state index is 0.0365. The van der Waals surface area contributed by atoms with Crippen LogP contribution >= 0.6 is 0 Å². The first kappa shape index (κ1) is 19.6. The van der Waals surface area contributed by atoms with Crippen LogP contribution in [-0.4, -0.2) is 53.8 Å². The second-order valence-electron chi connectivity index (χ2n) is 11.7. The van der Waals surface area contributed by atoms with Crippen LogP contribution in [0, 0.1) is 17.3 Å². The summed E-state index contributed by atoms with van der Waals surface area (Å²) in [5.74, 6) is 0.429. The molecule has 8 rings (SSSR count). The number of hydrogen-bond acceptors (Lipinski definition) is 6. The van der Waals surface area contributed by atoms with Gasteiger partial charge in [0.1, 0.15) is 36.1 Å². The van der Waals surface area contributed by atoms with Gasteiger partial charge in [-0.05, 0) is 42.2 Å². The number of hydrogen-bond donors (Lipinski definition) is 0. The van der Waals surface area contributed by atoms with Gasteiger partial charge in [-0.15, -0.1) is 0 Å². The molecule has 6 heteroatoms. The minimum Gasteiger partial charge on any atom is -0.458 e. The third kappa shape index (κ3) is 1.95. The summed E-state index contributed by atoms with van der Waals surface area (Å²) in [4.78, 5) is 12.3. The van der Waals surface area contributed by atoms with Crippen LogP contribution in [0.3, 0.4) is 0 Å². The van der Waals surface area contributed by atoms with Crippen molar-refractivity contribution < 1.29 is 28.5 Å². The van der Waals surface area contributed by atoms with E-state index in [1.165, 1.54) is 5.57 Å². The van der Waals surface area contributed by atoms with E-state index in [0.29, 0.717) is 19.1 Å². The van der Waals surface area contributed by atoms with Gasteiger partial charge in [0.15, 0.2) is 5.60 Å². The average molecular weight is 451 g/mol. The number of carbonyl (C=O) groups is 1. The fourth-order valence-corrected chi connectivity index (χ4v) is 8.67. The fourth-order valence-electron chi connectivity index (χ4n) is 8.67. The molecule has 1 aromatic carbocycles. The minimum atomic E-state index is -0.476. The molecule has 0 N–H and O–H groups in total. The SMILES string of the molecule is CC(C)[C@]12O[C@H]1[C@@H]1O[C@]13[C@]1(O[C@H]1C[C@H]1C4=C(CC[C@@]13C)C(=O)OC4)[C@@H]2OCc1ccccc1. The van der Waals surface area contributed by atoms with Crippen molar-refractivity contribution >= 4 is 5.97 Å². The van der Waals surface area contributed by atoms with Gasteiger partial charge in [0.2, 0.25) is 0 Å². The maximum Gasteiger partial charge on any atom is 0.334 e. The van der Waals surface area contributed by atoms with E-state index in [9.17, 15) is 4.79 Å². The van der Waals surface area contributed by atoms with Crippen LogP contribution in [0.4, 0.5) is 0 Å². The van der Waals surface area contributed by atoms with E-state index in [4.69, 9.17) is 23.7 Å². The smallest absolute Gasteiger partial charge is 0.334 e. The molecule has 174 valence electrons. The van der Waals surface area contributed by atoms with E-state index in [1.54, 1.807) is 0 Å². The average Bonchev–Trinajstić information content (AvgIpc) is 3.71. The molecule has 3 aliphatic carbocycles. The predicted molar refractivity (Wildman–Crippen MR) is 116 cm³/mol. The number of epoxide rings is 3. The molecule has 7 aliphatic rings. The first-order valence-electron chi connectivity index (χ1n) is 12.5. The molecule has 0 unspecified atom stereocenters. The molecule has 0 aromatic heterocycles. The van der Waals surface area contributed by atoms with Gasteiger partial charge in [0.25, 0.3) is 0 Å². The second kappa shape index (κ2) is 5.73. The molecule has 33 heavy (non-hydrogen) atoms. The van der Waals surface area contributed by atoms with Crippen LogP contribution in [0.2, 0.25) is 0 Å². The van der Waals surface area contributed by atoms with E-state index in [0.717, 1.165) is 30.4 Å². The van der Waals surface area contributed by atoms with Crippen molar-refractivity contribution in [2.24, 2.45) is 17.3 Å². The third-order valence-corrected chi connectivity index (χ3v) is 10.3. The van der Waals surface area contributed by atoms with Crippen LogP contribution in [0.1, 0.15) is 45.6 Å². The quantitative estimate of drug-likeness (QED) is 0.518. The highest BCUT2D eigenvalue weighted by atomic mass is 16.8. The largest absolute Gasteiger partial charge is 0.458 e. The van der Waals surface area contributed by atoms with E-state index in [-0.39, 0.29) is 47.3 Å². The molecule has 4 aliphatic heterocycles. The van der Waals surface area contributed by atoms with Crippen LogP contribution in [0.5, 0.6) is 0 Å². The Morgan fingerprint density at radius 3 is 2.73 bits per heavy atom. The summed E-state index contributed by atoms with van der Waals surface area (Å²) in [6.45, 7) is 7.79. The van der Waals surface area contributed by atoms with Crippen molar-refractivity contribution in [1.29, 1.82) is 0 Å². The highest BCUT2D eigenvalue weighted by molar-refractivity contribution is 5.92. The Morgan fingerprint density at radius 1 is 1.12 bits per heavy atom. The fraction of sp³-hybridized carbons (Fsp3) is 0.667. The second-order valence-corrected chi connectivity index (χ2v) is 11.7. The van der Waals surface area contributed by atoms with E-state index in [1.807, 2.05) is 6.07 Å². The van der Waals surface area contributed by atoms with Crippen molar-refractivity contribution in [3.63, 3.8) is 0 Å². The van der Waals surface area contributed by atoms with E-state index in [2.05, 4.69) is 45.0 Å². The molecule has 2 saturated carbocycles. The van der Waals surface area contributed by atoms with Crippen molar-refractivity contribution in [3.8, 4) is 0 Å². The Hall–Kier alpha value is -1.73. The number of esters is 1. The summed E-state index contributed by atoms with van der Waals surface area (Å²) in [6.07, 6.45) is 2.53. The Kier molecular flexibility index (Phi) is 3.40. The van der Waals surface area contributed by atoms with Gasteiger partial charge in [0.05, 0.1) is 12.7 Å². The summed E-state index contributed by atoms with van der Waals surface area (Å²) in [5.41, 5.74) is 1.88. The Balaban J connectivity index is 1.22. The summed E-state index contributed by atoms with van der Waals surface area (Å²) in [6, 6.07) is 10.3. The van der Waals surface area contributed by atoms with Gasteiger partial charge in [0, 0.05) is 11.0 Å². The van der Waals surface area contributed by atoms with Gasteiger partial charge in [-0.25, -0.2) is 4.79 Å².